The van der Waals surface area contributed by atoms with Crippen molar-refractivity contribution in [2.45, 2.75) is 46.0 Å². The molecule has 0 aromatic heterocycles. The fourth-order valence-corrected chi connectivity index (χ4v) is 2.98. The molecule has 2 rings (SSSR count). The van der Waals surface area contributed by atoms with Gasteiger partial charge in [0.05, 0.1) is 25.6 Å². The molecule has 35 heavy (non-hydrogen) atoms. The molecule has 10 nitrogen and oxygen atoms in total. The number of benzene rings is 2. The number of amides is 2. The van der Waals surface area contributed by atoms with Crippen LogP contribution in [0.25, 0.3) is 0 Å². The monoisotopic (exact) mass is 484 g/mol. The number of nitrogens with zero attached hydrogens (tertiary/aromatic N) is 2. The fraction of sp³-hybridized carbons (Fsp3) is 0.360. The predicted molar refractivity (Wildman–Crippen MR) is 133 cm³/mol. The minimum Gasteiger partial charge on any atom is -0.504 e. The van der Waals surface area contributed by atoms with E-state index in [1.807, 2.05) is 13.8 Å². The van der Waals surface area contributed by atoms with Gasteiger partial charge in [-0.05, 0) is 74.2 Å². The standard InChI is InChI=1S/C25H32N4O6/c1-3-34-22-14-18(10-12-20(22)30)16-26-28-24(32)8-6-5-7-9-25(33)29-27-17-19-11-13-21(31)23(15-19)35-4-2/h10-17,30-31H,3-9H2,1-2H3,(H,28,32)(H,29,33)/b26-16+,27-17+. The van der Waals surface area contributed by atoms with Gasteiger partial charge in [-0.3, -0.25) is 9.59 Å². The van der Waals surface area contributed by atoms with Crippen molar-refractivity contribution in [1.82, 2.24) is 10.9 Å². The molecule has 0 aliphatic rings. The maximum atomic E-state index is 11.9. The first-order valence-electron chi connectivity index (χ1n) is 11.5. The van der Waals surface area contributed by atoms with Crippen LogP contribution in [0.2, 0.25) is 0 Å². The van der Waals surface area contributed by atoms with E-state index >= 15 is 0 Å². The third-order valence-electron chi connectivity index (χ3n) is 4.68. The Morgan fingerprint density at radius 2 is 1.20 bits per heavy atom. The Balaban J connectivity index is 1.61. The summed E-state index contributed by atoms with van der Waals surface area (Å²) in [6.45, 7) is 4.49. The topological polar surface area (TPSA) is 142 Å². The summed E-state index contributed by atoms with van der Waals surface area (Å²) in [7, 11) is 0. The molecule has 0 spiro atoms. The number of phenolic OH excluding ortho intramolecular Hbond substituents is 2. The van der Waals surface area contributed by atoms with Crippen LogP contribution in [0.5, 0.6) is 23.0 Å². The van der Waals surface area contributed by atoms with E-state index in [9.17, 15) is 19.8 Å². The van der Waals surface area contributed by atoms with Gasteiger partial charge in [-0.15, -0.1) is 0 Å². The zero-order valence-electron chi connectivity index (χ0n) is 20.0. The van der Waals surface area contributed by atoms with Crippen LogP contribution in [0, 0.1) is 0 Å². The van der Waals surface area contributed by atoms with E-state index < -0.39 is 0 Å². The number of carbonyl (C=O) groups excluding carboxylic acids is 2. The number of ether oxygens (including phenoxy) is 2. The SMILES string of the molecule is CCOc1cc(/C=N/NC(=O)CCCCCC(=O)N/N=C/c2ccc(O)c(OCC)c2)ccc1O. The van der Waals surface area contributed by atoms with Crippen molar-refractivity contribution < 1.29 is 29.3 Å². The van der Waals surface area contributed by atoms with Gasteiger partial charge in [0.25, 0.3) is 0 Å². The number of phenols is 2. The van der Waals surface area contributed by atoms with Crippen molar-refractivity contribution in [2.24, 2.45) is 10.2 Å². The molecule has 0 fully saturated rings. The smallest absolute Gasteiger partial charge is 0.240 e. The van der Waals surface area contributed by atoms with Crippen LogP contribution in [-0.4, -0.2) is 47.7 Å². The Labute approximate surface area is 204 Å². The molecule has 4 N–H and O–H groups in total. The fourth-order valence-electron chi connectivity index (χ4n) is 2.98. The molecular weight excluding hydrogens is 452 g/mol. The highest BCUT2D eigenvalue weighted by molar-refractivity contribution is 5.84. The highest BCUT2D eigenvalue weighted by Crippen LogP contribution is 2.26. The van der Waals surface area contributed by atoms with Gasteiger partial charge in [-0.1, -0.05) is 6.42 Å². The van der Waals surface area contributed by atoms with Crippen LogP contribution in [0.3, 0.4) is 0 Å². The lowest BCUT2D eigenvalue weighted by Gasteiger charge is -2.06. The number of rotatable bonds is 14. The van der Waals surface area contributed by atoms with Crippen LogP contribution in [0.15, 0.2) is 46.6 Å². The third kappa shape index (κ3) is 10.2. The van der Waals surface area contributed by atoms with Crippen molar-refractivity contribution in [1.29, 1.82) is 0 Å². The first-order valence-corrected chi connectivity index (χ1v) is 11.5. The first-order chi connectivity index (χ1) is 16.9. The highest BCUT2D eigenvalue weighted by Gasteiger charge is 2.05. The number of hydrogen-bond donors (Lipinski definition) is 4. The van der Waals surface area contributed by atoms with Crippen molar-refractivity contribution in [3.63, 3.8) is 0 Å². The van der Waals surface area contributed by atoms with Gasteiger partial charge in [0, 0.05) is 12.8 Å². The van der Waals surface area contributed by atoms with Crippen LogP contribution in [0.1, 0.15) is 57.1 Å². The number of nitrogens with one attached hydrogen (secondary N) is 2. The first kappa shape index (κ1) is 27.2. The van der Waals surface area contributed by atoms with Crippen LogP contribution < -0.4 is 20.3 Å². The predicted octanol–water partition coefficient (Wildman–Crippen LogP) is 3.45. The van der Waals surface area contributed by atoms with Gasteiger partial charge in [0.15, 0.2) is 23.0 Å². The second-order valence-electron chi connectivity index (χ2n) is 7.47. The van der Waals surface area contributed by atoms with Crippen molar-refractivity contribution >= 4 is 24.2 Å². The Morgan fingerprint density at radius 1 is 0.771 bits per heavy atom. The Morgan fingerprint density at radius 3 is 1.60 bits per heavy atom. The Kier molecular flexibility index (Phi) is 11.6. The largest absolute Gasteiger partial charge is 0.504 e. The molecule has 0 unspecified atom stereocenters. The van der Waals surface area contributed by atoms with Crippen molar-refractivity contribution in [2.75, 3.05) is 13.2 Å². The lowest BCUT2D eigenvalue weighted by molar-refractivity contribution is -0.121. The number of aromatic hydroxyl groups is 2. The summed E-state index contributed by atoms with van der Waals surface area (Å²) in [6.07, 6.45) is 5.49. The average molecular weight is 485 g/mol. The maximum absolute atomic E-state index is 11.9. The van der Waals surface area contributed by atoms with E-state index in [-0.39, 0.29) is 23.3 Å². The molecule has 2 amide bonds. The van der Waals surface area contributed by atoms with Gasteiger partial charge in [-0.25, -0.2) is 10.9 Å². The van der Waals surface area contributed by atoms with E-state index in [1.54, 1.807) is 24.3 Å². The Bertz CT molecular complexity index is 957. The maximum Gasteiger partial charge on any atom is 0.240 e. The third-order valence-corrected chi connectivity index (χ3v) is 4.68. The molecule has 0 aliphatic carbocycles. The normalized spacial score (nSPS) is 11.0. The van der Waals surface area contributed by atoms with E-state index in [2.05, 4.69) is 21.1 Å². The molecule has 0 saturated carbocycles. The zero-order chi connectivity index (χ0) is 25.5. The average Bonchev–Trinajstić information content (AvgIpc) is 2.83. The van der Waals surface area contributed by atoms with Crippen LogP contribution >= 0.6 is 0 Å². The molecule has 0 saturated heterocycles. The zero-order valence-corrected chi connectivity index (χ0v) is 20.0. The second-order valence-corrected chi connectivity index (χ2v) is 7.47. The van der Waals surface area contributed by atoms with Crippen LogP contribution in [0.4, 0.5) is 0 Å². The van der Waals surface area contributed by atoms with Gasteiger partial charge >= 0.3 is 0 Å². The van der Waals surface area contributed by atoms with Crippen LogP contribution in [-0.2, 0) is 9.59 Å². The van der Waals surface area contributed by atoms with Crippen molar-refractivity contribution in [3.05, 3.63) is 47.5 Å². The van der Waals surface area contributed by atoms with Gasteiger partial charge in [-0.2, -0.15) is 10.2 Å². The number of hydrazone groups is 2. The summed E-state index contributed by atoms with van der Waals surface area (Å²) in [5, 5.41) is 27.2. The minimum absolute atomic E-state index is 0.0435. The van der Waals surface area contributed by atoms with E-state index in [4.69, 9.17) is 9.47 Å². The van der Waals surface area contributed by atoms with E-state index in [0.717, 1.165) is 0 Å². The van der Waals surface area contributed by atoms with E-state index in [1.165, 1.54) is 24.6 Å². The summed E-state index contributed by atoms with van der Waals surface area (Å²) in [4.78, 5) is 23.8. The summed E-state index contributed by atoms with van der Waals surface area (Å²) in [5.41, 5.74) is 6.28. The summed E-state index contributed by atoms with van der Waals surface area (Å²) >= 11 is 0. The van der Waals surface area contributed by atoms with Crippen molar-refractivity contribution in [3.8, 4) is 23.0 Å². The molecule has 0 aliphatic heterocycles. The van der Waals surface area contributed by atoms with Gasteiger partial charge in [0.2, 0.25) is 11.8 Å². The molecule has 2 aromatic rings. The molecule has 0 atom stereocenters. The number of unbranched alkanes of at least 4 members (excludes halogenated alkanes) is 2. The molecule has 0 radical (unpaired) electrons. The molecule has 0 heterocycles. The Hall–Kier alpha value is -4.08. The lowest BCUT2D eigenvalue weighted by Crippen LogP contribution is -2.18. The molecule has 0 bridgehead atoms. The summed E-state index contributed by atoms with van der Waals surface area (Å²) < 4.78 is 10.6. The summed E-state index contributed by atoms with van der Waals surface area (Å²) in [6, 6.07) is 9.58. The summed E-state index contributed by atoms with van der Waals surface area (Å²) in [5.74, 6) is 0.352. The quantitative estimate of drug-likeness (QED) is 0.184. The number of hydrogen-bond acceptors (Lipinski definition) is 8. The molecule has 10 heteroatoms. The minimum atomic E-state index is -0.223. The highest BCUT2D eigenvalue weighted by atomic mass is 16.5. The van der Waals surface area contributed by atoms with E-state index in [0.29, 0.717) is 67.9 Å². The second kappa shape index (κ2) is 14.9. The number of carbonyl (C=O) groups is 2. The lowest BCUT2D eigenvalue weighted by atomic mass is 10.1. The molecule has 2 aromatic carbocycles. The molecular formula is C25H32N4O6. The molecule has 188 valence electrons. The van der Waals surface area contributed by atoms with Gasteiger partial charge < -0.3 is 19.7 Å². The van der Waals surface area contributed by atoms with Gasteiger partial charge in [0.1, 0.15) is 0 Å².